The lowest BCUT2D eigenvalue weighted by molar-refractivity contribution is -0.127. The first kappa shape index (κ1) is 16.4. The molecular weight excluding hydrogens is 317 g/mol. The summed E-state index contributed by atoms with van der Waals surface area (Å²) in [4.78, 5) is 12.0. The maximum Gasteiger partial charge on any atom is 0.258 e. The van der Waals surface area contributed by atoms with Crippen molar-refractivity contribution < 1.29 is 19.4 Å². The largest absolute Gasteiger partial charge is 0.484 e. The molecule has 0 atom stereocenters. The minimum Gasteiger partial charge on any atom is -0.484 e. The van der Waals surface area contributed by atoms with Crippen LogP contribution >= 0.6 is 23.2 Å². The van der Waals surface area contributed by atoms with Crippen LogP contribution in [0.5, 0.6) is 5.75 Å². The summed E-state index contributed by atoms with van der Waals surface area (Å²) in [5, 5.41) is 13.1. The zero-order chi connectivity index (χ0) is 15.3. The number of hydrogen-bond donors (Lipinski definition) is 2. The summed E-state index contributed by atoms with van der Waals surface area (Å²) < 4.78 is 10.6. The van der Waals surface area contributed by atoms with Crippen LogP contribution in [-0.4, -0.2) is 43.0 Å². The lowest BCUT2D eigenvalue weighted by atomic mass is 9.91. The Morgan fingerprint density at radius 1 is 1.33 bits per heavy atom. The van der Waals surface area contributed by atoms with Crippen molar-refractivity contribution in [1.82, 2.24) is 5.32 Å². The predicted octanol–water partition coefficient (Wildman–Crippen LogP) is 2.03. The van der Waals surface area contributed by atoms with Crippen LogP contribution in [0.25, 0.3) is 0 Å². The summed E-state index contributed by atoms with van der Waals surface area (Å²) in [6, 6.07) is 4.79. The summed E-state index contributed by atoms with van der Waals surface area (Å²) in [6.45, 7) is 0.776. The van der Waals surface area contributed by atoms with Gasteiger partial charge in [0.05, 0.1) is 22.2 Å². The number of carbonyl (C=O) groups is 1. The molecule has 1 saturated heterocycles. The molecule has 0 aliphatic carbocycles. The minimum absolute atomic E-state index is 0.116. The lowest BCUT2D eigenvalue weighted by Gasteiger charge is -2.36. The van der Waals surface area contributed by atoms with Gasteiger partial charge in [-0.3, -0.25) is 4.79 Å². The smallest absolute Gasteiger partial charge is 0.258 e. The molecule has 1 aliphatic heterocycles. The molecule has 1 aromatic carbocycles. The van der Waals surface area contributed by atoms with Crippen LogP contribution in [-0.2, 0) is 9.53 Å². The number of aliphatic hydroxyl groups excluding tert-OH is 1. The van der Waals surface area contributed by atoms with Crippen molar-refractivity contribution in [3.63, 3.8) is 0 Å². The highest BCUT2D eigenvalue weighted by Gasteiger charge is 2.33. The predicted molar refractivity (Wildman–Crippen MR) is 80.0 cm³/mol. The average Bonchev–Trinajstić information content (AvgIpc) is 2.49. The SMILES string of the molecule is O=C(COc1ccc(Cl)c(Cl)c1)NC1(CO)CCOCC1. The summed E-state index contributed by atoms with van der Waals surface area (Å²) in [5.74, 6) is 0.168. The number of halogens is 2. The van der Waals surface area contributed by atoms with Gasteiger partial charge in [-0.25, -0.2) is 0 Å². The van der Waals surface area contributed by atoms with E-state index in [-0.39, 0.29) is 19.1 Å². The molecular formula is C14H17Cl2NO4. The van der Waals surface area contributed by atoms with Gasteiger partial charge in [-0.05, 0) is 25.0 Å². The normalized spacial score (nSPS) is 17.3. The number of ether oxygens (including phenoxy) is 2. The Hall–Kier alpha value is -1.01. The van der Waals surface area contributed by atoms with E-state index in [1.807, 2.05) is 0 Å². The summed E-state index contributed by atoms with van der Waals surface area (Å²) >= 11 is 11.7. The van der Waals surface area contributed by atoms with E-state index >= 15 is 0 Å². The van der Waals surface area contributed by atoms with E-state index in [4.69, 9.17) is 32.7 Å². The van der Waals surface area contributed by atoms with Gasteiger partial charge in [-0.2, -0.15) is 0 Å². The van der Waals surface area contributed by atoms with Crippen molar-refractivity contribution in [1.29, 1.82) is 0 Å². The molecule has 2 rings (SSSR count). The van der Waals surface area contributed by atoms with Gasteiger partial charge in [0.15, 0.2) is 6.61 Å². The molecule has 0 saturated carbocycles. The first-order valence-electron chi connectivity index (χ1n) is 6.62. The number of benzene rings is 1. The molecule has 0 unspecified atom stereocenters. The van der Waals surface area contributed by atoms with E-state index in [1.165, 1.54) is 0 Å². The fourth-order valence-electron chi connectivity index (χ4n) is 2.13. The highest BCUT2D eigenvalue weighted by atomic mass is 35.5. The van der Waals surface area contributed by atoms with E-state index in [2.05, 4.69) is 5.32 Å². The standard InChI is InChI=1S/C14H17Cl2NO4/c15-11-2-1-10(7-12(11)16)21-8-13(19)17-14(9-18)3-5-20-6-4-14/h1-2,7,18H,3-6,8-9H2,(H,17,19). The molecule has 0 radical (unpaired) electrons. The summed E-state index contributed by atoms with van der Waals surface area (Å²) in [6.07, 6.45) is 1.17. The van der Waals surface area contributed by atoms with Gasteiger partial charge in [-0.1, -0.05) is 23.2 Å². The number of hydrogen-bond acceptors (Lipinski definition) is 4. The molecule has 0 aromatic heterocycles. The molecule has 1 amide bonds. The third kappa shape index (κ3) is 4.48. The molecule has 116 valence electrons. The van der Waals surface area contributed by atoms with E-state index in [1.54, 1.807) is 18.2 Å². The molecule has 7 heteroatoms. The third-order valence-corrected chi connectivity index (χ3v) is 4.16. The zero-order valence-electron chi connectivity index (χ0n) is 11.4. The second kappa shape index (κ2) is 7.31. The Bertz CT molecular complexity index is 504. The van der Waals surface area contributed by atoms with Gasteiger partial charge in [-0.15, -0.1) is 0 Å². The molecule has 1 aliphatic rings. The zero-order valence-corrected chi connectivity index (χ0v) is 12.9. The van der Waals surface area contributed by atoms with Crippen LogP contribution < -0.4 is 10.1 Å². The number of rotatable bonds is 5. The first-order valence-corrected chi connectivity index (χ1v) is 7.38. The first-order chi connectivity index (χ1) is 10.0. The van der Waals surface area contributed by atoms with Crippen LogP contribution in [0.2, 0.25) is 10.0 Å². The average molecular weight is 334 g/mol. The van der Waals surface area contributed by atoms with Crippen LogP contribution in [0, 0.1) is 0 Å². The van der Waals surface area contributed by atoms with Crippen molar-refractivity contribution in [2.75, 3.05) is 26.4 Å². The minimum atomic E-state index is -0.615. The van der Waals surface area contributed by atoms with Gasteiger partial charge in [0.2, 0.25) is 0 Å². The van der Waals surface area contributed by atoms with Gasteiger partial charge >= 0.3 is 0 Å². The number of amides is 1. The van der Waals surface area contributed by atoms with Gasteiger partial charge in [0.1, 0.15) is 5.75 Å². The van der Waals surface area contributed by atoms with Crippen LogP contribution in [0.1, 0.15) is 12.8 Å². The number of nitrogens with one attached hydrogen (secondary N) is 1. The highest BCUT2D eigenvalue weighted by Crippen LogP contribution is 2.26. The van der Waals surface area contributed by atoms with E-state index in [9.17, 15) is 9.90 Å². The third-order valence-electron chi connectivity index (χ3n) is 3.42. The summed E-state index contributed by atoms with van der Waals surface area (Å²) in [7, 11) is 0. The Kier molecular flexibility index (Phi) is 5.70. The second-order valence-electron chi connectivity index (χ2n) is 4.96. The van der Waals surface area contributed by atoms with Crippen molar-refractivity contribution in [2.45, 2.75) is 18.4 Å². The Morgan fingerprint density at radius 2 is 2.05 bits per heavy atom. The quantitative estimate of drug-likeness (QED) is 0.865. The fraction of sp³-hybridized carbons (Fsp3) is 0.500. The Labute approximate surface area is 133 Å². The van der Waals surface area contributed by atoms with Crippen LogP contribution in [0.4, 0.5) is 0 Å². The monoisotopic (exact) mass is 333 g/mol. The highest BCUT2D eigenvalue weighted by molar-refractivity contribution is 6.42. The van der Waals surface area contributed by atoms with Gasteiger partial charge < -0.3 is 19.9 Å². The molecule has 1 heterocycles. The topological polar surface area (TPSA) is 67.8 Å². The van der Waals surface area contributed by atoms with Crippen molar-refractivity contribution in [3.05, 3.63) is 28.2 Å². The molecule has 1 aromatic rings. The molecule has 0 bridgehead atoms. The van der Waals surface area contributed by atoms with Gasteiger partial charge in [0, 0.05) is 19.3 Å². The van der Waals surface area contributed by atoms with Crippen molar-refractivity contribution in [3.8, 4) is 5.75 Å². The molecule has 21 heavy (non-hydrogen) atoms. The number of aliphatic hydroxyl groups is 1. The van der Waals surface area contributed by atoms with Crippen LogP contribution in [0.3, 0.4) is 0 Å². The lowest BCUT2D eigenvalue weighted by Crippen LogP contribution is -2.55. The van der Waals surface area contributed by atoms with Crippen molar-refractivity contribution >= 4 is 29.1 Å². The maximum absolute atomic E-state index is 12.0. The van der Waals surface area contributed by atoms with Crippen molar-refractivity contribution in [2.24, 2.45) is 0 Å². The second-order valence-corrected chi connectivity index (χ2v) is 5.78. The van der Waals surface area contributed by atoms with E-state index in [0.29, 0.717) is 41.9 Å². The Morgan fingerprint density at radius 3 is 2.67 bits per heavy atom. The van der Waals surface area contributed by atoms with Gasteiger partial charge in [0.25, 0.3) is 5.91 Å². The number of carbonyl (C=O) groups excluding carboxylic acids is 1. The fourth-order valence-corrected chi connectivity index (χ4v) is 2.42. The molecule has 5 nitrogen and oxygen atoms in total. The van der Waals surface area contributed by atoms with E-state index in [0.717, 1.165) is 0 Å². The summed E-state index contributed by atoms with van der Waals surface area (Å²) in [5.41, 5.74) is -0.615. The molecule has 2 N–H and O–H groups in total. The van der Waals surface area contributed by atoms with E-state index < -0.39 is 5.54 Å². The van der Waals surface area contributed by atoms with Crippen LogP contribution in [0.15, 0.2) is 18.2 Å². The molecule has 1 fully saturated rings. The molecule has 0 spiro atoms. The Balaban J connectivity index is 1.87. The maximum atomic E-state index is 12.0.